The second kappa shape index (κ2) is 2.12. The number of hydrogen-bond acceptors (Lipinski definition) is 0. The van der Waals surface area contributed by atoms with Crippen LogP contribution in [0.1, 0.15) is 27.7 Å². The minimum atomic E-state index is -1.08. The molecule has 0 radical (unpaired) electrons. The molecule has 0 aliphatic carbocycles. The summed E-state index contributed by atoms with van der Waals surface area (Å²) in [6.07, 6.45) is 0. The average Bonchev–Trinajstić information content (AvgIpc) is 1.25. The van der Waals surface area contributed by atoms with Crippen LogP contribution >= 0.6 is 22.6 Å². The van der Waals surface area contributed by atoms with Gasteiger partial charge in [-0.05, 0) is 27.7 Å². The van der Waals surface area contributed by atoms with E-state index in [0.29, 0.717) is 0 Å². The van der Waals surface area contributed by atoms with Crippen LogP contribution in [0.2, 0.25) is 0 Å². The second-order valence-electron chi connectivity index (χ2n) is 2.94. The minimum Gasteiger partial charge on any atom is -0.243 e. The molecule has 0 fully saturated rings. The molecule has 0 N–H and O–H groups in total. The first-order valence-corrected chi connectivity index (χ1v) is 3.71. The van der Waals surface area contributed by atoms with Crippen LogP contribution in [0.25, 0.3) is 0 Å². The molecule has 0 aliphatic heterocycles. The van der Waals surface area contributed by atoms with Crippen molar-refractivity contribution in [3.05, 3.63) is 0 Å². The number of rotatable bonds is 1. The van der Waals surface area contributed by atoms with Gasteiger partial charge in [-0.1, -0.05) is 22.6 Å². The van der Waals surface area contributed by atoms with Gasteiger partial charge in [0.1, 0.15) is 5.67 Å². The van der Waals surface area contributed by atoms with Crippen LogP contribution in [0.5, 0.6) is 0 Å². The van der Waals surface area contributed by atoms with E-state index in [4.69, 9.17) is 0 Å². The minimum absolute atomic E-state index is 0.259. The lowest BCUT2D eigenvalue weighted by atomic mass is 9.97. The summed E-state index contributed by atoms with van der Waals surface area (Å²) in [5.41, 5.74) is -1.08. The van der Waals surface area contributed by atoms with Crippen LogP contribution in [0, 0.1) is 0 Å². The summed E-state index contributed by atoms with van der Waals surface area (Å²) < 4.78 is 12.6. The molecule has 0 aromatic rings. The summed E-state index contributed by atoms with van der Waals surface area (Å²) in [6, 6.07) is 0. The van der Waals surface area contributed by atoms with Crippen molar-refractivity contribution in [2.45, 2.75) is 36.8 Å². The first-order chi connectivity index (χ1) is 3.25. The molecule has 0 saturated heterocycles. The van der Waals surface area contributed by atoms with E-state index in [1.54, 1.807) is 13.8 Å². The van der Waals surface area contributed by atoms with Crippen LogP contribution in [0.3, 0.4) is 0 Å². The molecular weight excluding hydrogens is 218 g/mol. The van der Waals surface area contributed by atoms with Gasteiger partial charge < -0.3 is 0 Å². The highest BCUT2D eigenvalue weighted by Crippen LogP contribution is 2.33. The maximum Gasteiger partial charge on any atom is 0.119 e. The van der Waals surface area contributed by atoms with Gasteiger partial charge in [0, 0.05) is 3.42 Å². The van der Waals surface area contributed by atoms with E-state index in [2.05, 4.69) is 22.6 Å². The fourth-order valence-electron chi connectivity index (χ4n) is 0. The molecule has 0 saturated carbocycles. The zero-order valence-corrected chi connectivity index (χ0v) is 7.91. The van der Waals surface area contributed by atoms with Crippen LogP contribution in [0.4, 0.5) is 4.39 Å². The van der Waals surface area contributed by atoms with Gasteiger partial charge in [-0.25, -0.2) is 4.39 Å². The van der Waals surface area contributed by atoms with E-state index in [-0.39, 0.29) is 3.42 Å². The largest absolute Gasteiger partial charge is 0.243 e. The fraction of sp³-hybridized carbons (Fsp3) is 1.00. The summed E-state index contributed by atoms with van der Waals surface area (Å²) in [5, 5.41) is 0. The Morgan fingerprint density at radius 3 is 1.25 bits per heavy atom. The third kappa shape index (κ3) is 2.29. The van der Waals surface area contributed by atoms with E-state index < -0.39 is 5.67 Å². The molecule has 8 heavy (non-hydrogen) atoms. The average molecular weight is 230 g/mol. The summed E-state index contributed by atoms with van der Waals surface area (Å²) >= 11 is 2.11. The van der Waals surface area contributed by atoms with Crippen LogP contribution in [-0.4, -0.2) is 9.09 Å². The molecule has 0 aromatic carbocycles. The number of alkyl halides is 2. The lowest BCUT2D eigenvalue weighted by Crippen LogP contribution is -2.34. The van der Waals surface area contributed by atoms with Crippen molar-refractivity contribution in [1.82, 2.24) is 0 Å². The summed E-state index contributed by atoms with van der Waals surface area (Å²) in [4.78, 5) is 0. The molecular formula is C6H12FI. The quantitative estimate of drug-likeness (QED) is 0.480. The van der Waals surface area contributed by atoms with Crippen molar-refractivity contribution >= 4 is 22.6 Å². The molecule has 50 valence electrons. The standard InChI is InChI=1S/C6H12FI/c1-5(2,7)6(3,4)8/h1-4H3. The Kier molecular flexibility index (Phi) is 2.29. The zero-order chi connectivity index (χ0) is 7.00. The molecule has 0 amide bonds. The van der Waals surface area contributed by atoms with Crippen molar-refractivity contribution in [3.63, 3.8) is 0 Å². The fourth-order valence-corrected chi connectivity index (χ4v) is 0. The van der Waals surface area contributed by atoms with E-state index in [9.17, 15) is 4.39 Å². The highest BCUT2D eigenvalue weighted by molar-refractivity contribution is 14.1. The highest BCUT2D eigenvalue weighted by Gasteiger charge is 2.33. The molecule has 2 heteroatoms. The maximum absolute atomic E-state index is 12.9. The Balaban J connectivity index is 4.02. The predicted octanol–water partition coefficient (Wildman–Crippen LogP) is 2.95. The van der Waals surface area contributed by atoms with Crippen molar-refractivity contribution < 1.29 is 4.39 Å². The summed E-state index contributed by atoms with van der Waals surface area (Å²) in [7, 11) is 0. The first kappa shape index (κ1) is 8.66. The monoisotopic (exact) mass is 230 g/mol. The van der Waals surface area contributed by atoms with Crippen molar-refractivity contribution in [2.24, 2.45) is 0 Å². The van der Waals surface area contributed by atoms with Gasteiger partial charge in [0.2, 0.25) is 0 Å². The van der Waals surface area contributed by atoms with Gasteiger partial charge in [-0.2, -0.15) is 0 Å². The second-order valence-corrected chi connectivity index (χ2v) is 5.64. The number of hydrogen-bond donors (Lipinski definition) is 0. The van der Waals surface area contributed by atoms with Crippen molar-refractivity contribution in [1.29, 1.82) is 0 Å². The molecule has 0 nitrogen and oxygen atoms in total. The zero-order valence-electron chi connectivity index (χ0n) is 5.76. The van der Waals surface area contributed by atoms with E-state index in [1.165, 1.54) is 0 Å². The first-order valence-electron chi connectivity index (χ1n) is 2.63. The normalized spacial score (nSPS) is 14.2. The highest BCUT2D eigenvalue weighted by atomic mass is 127. The van der Waals surface area contributed by atoms with Gasteiger partial charge in [0.05, 0.1) is 0 Å². The molecule has 0 unspecified atom stereocenters. The Bertz CT molecular complexity index is 63.5. The Morgan fingerprint density at radius 1 is 1.12 bits per heavy atom. The molecule has 0 aromatic heterocycles. The van der Waals surface area contributed by atoms with Crippen LogP contribution < -0.4 is 0 Å². The van der Waals surface area contributed by atoms with E-state index in [1.807, 2.05) is 13.8 Å². The van der Waals surface area contributed by atoms with E-state index in [0.717, 1.165) is 0 Å². The Hall–Kier alpha value is 0.660. The summed E-state index contributed by atoms with van der Waals surface area (Å²) in [6.45, 7) is 6.96. The molecule has 0 bridgehead atoms. The lowest BCUT2D eigenvalue weighted by molar-refractivity contribution is 0.179. The Labute approximate surface area is 64.0 Å². The van der Waals surface area contributed by atoms with Gasteiger partial charge in [-0.3, -0.25) is 0 Å². The Morgan fingerprint density at radius 2 is 1.25 bits per heavy atom. The maximum atomic E-state index is 12.9. The molecule has 0 aliphatic rings. The number of halogens is 2. The predicted molar refractivity (Wildman–Crippen MR) is 43.3 cm³/mol. The molecule has 0 spiro atoms. The van der Waals surface area contributed by atoms with Gasteiger partial charge in [-0.15, -0.1) is 0 Å². The topological polar surface area (TPSA) is 0 Å². The van der Waals surface area contributed by atoms with E-state index >= 15 is 0 Å². The SMILES string of the molecule is CC(C)(F)C(C)(C)I. The summed E-state index contributed by atoms with van der Waals surface area (Å²) in [5.74, 6) is 0. The third-order valence-electron chi connectivity index (χ3n) is 1.41. The van der Waals surface area contributed by atoms with Gasteiger partial charge >= 0.3 is 0 Å². The van der Waals surface area contributed by atoms with Gasteiger partial charge in [0.15, 0.2) is 0 Å². The van der Waals surface area contributed by atoms with Crippen molar-refractivity contribution in [3.8, 4) is 0 Å². The van der Waals surface area contributed by atoms with Gasteiger partial charge in [0.25, 0.3) is 0 Å². The van der Waals surface area contributed by atoms with Crippen LogP contribution in [0.15, 0.2) is 0 Å². The lowest BCUT2D eigenvalue weighted by Gasteiger charge is -2.28. The molecule has 0 atom stereocenters. The molecule has 0 rings (SSSR count). The third-order valence-corrected chi connectivity index (χ3v) is 2.70. The van der Waals surface area contributed by atoms with Crippen molar-refractivity contribution in [2.75, 3.05) is 0 Å². The smallest absolute Gasteiger partial charge is 0.119 e. The molecule has 0 heterocycles. The van der Waals surface area contributed by atoms with Crippen LogP contribution in [-0.2, 0) is 0 Å².